The topological polar surface area (TPSA) is 30.5 Å². The molecule has 0 unspecified atom stereocenters. The van der Waals surface area contributed by atoms with Crippen molar-refractivity contribution in [1.29, 1.82) is 0 Å². The molecule has 1 saturated carbocycles. The highest BCUT2D eigenvalue weighted by atomic mass is 16.5. The molecule has 3 heteroatoms. The minimum atomic E-state index is 0.463. The summed E-state index contributed by atoms with van der Waals surface area (Å²) in [5, 5.41) is 3.46. The monoisotopic (exact) mass is 235 g/mol. The van der Waals surface area contributed by atoms with Crippen LogP contribution in [0.25, 0.3) is 0 Å². The van der Waals surface area contributed by atoms with Crippen molar-refractivity contribution in [2.75, 3.05) is 20.3 Å². The Hall–Kier alpha value is -1.06. The maximum absolute atomic E-state index is 5.67. The summed E-state index contributed by atoms with van der Waals surface area (Å²) < 4.78 is 10.9. The molecule has 0 heterocycles. The number of ether oxygens (including phenoxy) is 2. The minimum Gasteiger partial charge on any atom is -0.492 e. The normalized spacial score (nSPS) is 23.2. The third-order valence-corrected chi connectivity index (χ3v) is 3.22. The fraction of sp³-hybridized carbons (Fsp3) is 0.571. The first-order valence-electron chi connectivity index (χ1n) is 6.23. The Morgan fingerprint density at radius 3 is 2.88 bits per heavy atom. The van der Waals surface area contributed by atoms with Crippen LogP contribution in [0, 0.1) is 6.92 Å². The molecule has 0 amide bonds. The van der Waals surface area contributed by atoms with E-state index in [9.17, 15) is 0 Å². The van der Waals surface area contributed by atoms with Gasteiger partial charge in [0.15, 0.2) is 0 Å². The zero-order valence-corrected chi connectivity index (χ0v) is 10.6. The van der Waals surface area contributed by atoms with Crippen LogP contribution >= 0.6 is 0 Å². The van der Waals surface area contributed by atoms with Crippen LogP contribution in [-0.2, 0) is 4.74 Å². The molecule has 1 N–H and O–H groups in total. The van der Waals surface area contributed by atoms with E-state index in [1.807, 2.05) is 12.1 Å². The van der Waals surface area contributed by atoms with E-state index in [0.717, 1.165) is 31.7 Å². The fourth-order valence-electron chi connectivity index (χ4n) is 2.06. The molecule has 1 aromatic rings. The van der Waals surface area contributed by atoms with Crippen LogP contribution in [0.4, 0.5) is 0 Å². The first kappa shape index (κ1) is 12.4. The molecule has 2 rings (SSSR count). The molecule has 1 aliphatic carbocycles. The molecule has 0 aliphatic heterocycles. The predicted molar refractivity (Wildman–Crippen MR) is 68.5 cm³/mol. The molecule has 1 aliphatic rings. The van der Waals surface area contributed by atoms with Crippen molar-refractivity contribution in [3.63, 3.8) is 0 Å². The van der Waals surface area contributed by atoms with Crippen molar-refractivity contribution in [3.8, 4) is 5.75 Å². The first-order chi connectivity index (χ1) is 8.28. The van der Waals surface area contributed by atoms with Crippen molar-refractivity contribution in [2.45, 2.75) is 31.9 Å². The molecule has 0 spiro atoms. The van der Waals surface area contributed by atoms with Gasteiger partial charge in [-0.1, -0.05) is 12.1 Å². The molecular formula is C14H21NO2. The van der Waals surface area contributed by atoms with Gasteiger partial charge >= 0.3 is 0 Å². The van der Waals surface area contributed by atoms with E-state index < -0.39 is 0 Å². The average Bonchev–Trinajstić information content (AvgIpc) is 2.26. The molecule has 3 nitrogen and oxygen atoms in total. The number of nitrogens with one attached hydrogen (secondary N) is 1. The largest absolute Gasteiger partial charge is 0.492 e. The fourth-order valence-corrected chi connectivity index (χ4v) is 2.06. The number of rotatable bonds is 6. The van der Waals surface area contributed by atoms with Gasteiger partial charge in [0.1, 0.15) is 12.4 Å². The Morgan fingerprint density at radius 2 is 2.18 bits per heavy atom. The molecule has 1 aromatic carbocycles. The van der Waals surface area contributed by atoms with Gasteiger partial charge in [-0.15, -0.1) is 0 Å². The Morgan fingerprint density at radius 1 is 1.35 bits per heavy atom. The van der Waals surface area contributed by atoms with Crippen LogP contribution in [0.2, 0.25) is 0 Å². The summed E-state index contributed by atoms with van der Waals surface area (Å²) in [4.78, 5) is 0. The summed E-state index contributed by atoms with van der Waals surface area (Å²) in [7, 11) is 1.78. The van der Waals surface area contributed by atoms with Gasteiger partial charge in [-0.2, -0.15) is 0 Å². The maximum Gasteiger partial charge on any atom is 0.119 e. The Bertz CT molecular complexity index is 348. The van der Waals surface area contributed by atoms with E-state index in [4.69, 9.17) is 9.47 Å². The summed E-state index contributed by atoms with van der Waals surface area (Å²) in [5.41, 5.74) is 1.23. The second-order valence-corrected chi connectivity index (χ2v) is 4.65. The zero-order valence-electron chi connectivity index (χ0n) is 10.6. The molecular weight excluding hydrogens is 214 g/mol. The quantitative estimate of drug-likeness (QED) is 0.766. The number of hydrogen-bond donors (Lipinski definition) is 1. The standard InChI is InChI=1S/C14H21NO2/c1-11-4-3-5-13(8-11)17-7-6-15-12-9-14(10-12)16-2/h3-5,8,12,14-15H,6-7,9-10H2,1-2H3. The highest BCUT2D eigenvalue weighted by Crippen LogP contribution is 2.22. The van der Waals surface area contributed by atoms with Gasteiger partial charge < -0.3 is 14.8 Å². The van der Waals surface area contributed by atoms with E-state index in [1.54, 1.807) is 7.11 Å². The van der Waals surface area contributed by atoms with Gasteiger partial charge in [-0.05, 0) is 37.5 Å². The van der Waals surface area contributed by atoms with Crippen LogP contribution < -0.4 is 10.1 Å². The zero-order chi connectivity index (χ0) is 12.1. The van der Waals surface area contributed by atoms with Gasteiger partial charge in [-0.25, -0.2) is 0 Å². The van der Waals surface area contributed by atoms with Crippen LogP contribution in [0.15, 0.2) is 24.3 Å². The molecule has 17 heavy (non-hydrogen) atoms. The molecule has 0 saturated heterocycles. The summed E-state index contributed by atoms with van der Waals surface area (Å²) in [6.45, 7) is 3.69. The second-order valence-electron chi connectivity index (χ2n) is 4.65. The SMILES string of the molecule is COC1CC(NCCOc2cccc(C)c2)C1. The number of benzene rings is 1. The van der Waals surface area contributed by atoms with Crippen LogP contribution in [0.5, 0.6) is 5.75 Å². The highest BCUT2D eigenvalue weighted by molar-refractivity contribution is 5.27. The molecule has 0 atom stereocenters. The van der Waals surface area contributed by atoms with Gasteiger partial charge in [0.05, 0.1) is 6.10 Å². The van der Waals surface area contributed by atoms with E-state index >= 15 is 0 Å². The summed E-state index contributed by atoms with van der Waals surface area (Å²) in [6, 6.07) is 8.76. The molecule has 0 bridgehead atoms. The lowest BCUT2D eigenvalue weighted by Gasteiger charge is -2.34. The van der Waals surface area contributed by atoms with Crippen molar-refractivity contribution < 1.29 is 9.47 Å². The number of aryl methyl sites for hydroxylation is 1. The Balaban J connectivity index is 1.58. The van der Waals surface area contributed by atoms with Gasteiger partial charge in [0.25, 0.3) is 0 Å². The maximum atomic E-state index is 5.67. The summed E-state index contributed by atoms with van der Waals surface area (Å²) in [5.74, 6) is 0.954. The second kappa shape index (κ2) is 6.03. The van der Waals surface area contributed by atoms with Crippen LogP contribution in [-0.4, -0.2) is 32.4 Å². The van der Waals surface area contributed by atoms with Crippen molar-refractivity contribution in [3.05, 3.63) is 29.8 Å². The Labute approximate surface area is 103 Å². The summed E-state index contributed by atoms with van der Waals surface area (Å²) in [6.07, 6.45) is 2.72. The summed E-state index contributed by atoms with van der Waals surface area (Å²) >= 11 is 0. The number of methoxy groups -OCH3 is 1. The van der Waals surface area contributed by atoms with Crippen molar-refractivity contribution in [1.82, 2.24) is 5.32 Å². The molecule has 0 radical (unpaired) electrons. The first-order valence-corrected chi connectivity index (χ1v) is 6.23. The Kier molecular flexibility index (Phi) is 4.40. The van der Waals surface area contributed by atoms with E-state index in [0.29, 0.717) is 12.1 Å². The molecule has 0 aromatic heterocycles. The van der Waals surface area contributed by atoms with E-state index in [2.05, 4.69) is 24.4 Å². The third-order valence-electron chi connectivity index (χ3n) is 3.22. The van der Waals surface area contributed by atoms with E-state index in [-0.39, 0.29) is 0 Å². The van der Waals surface area contributed by atoms with Gasteiger partial charge in [-0.3, -0.25) is 0 Å². The van der Waals surface area contributed by atoms with E-state index in [1.165, 1.54) is 5.56 Å². The van der Waals surface area contributed by atoms with Gasteiger partial charge in [0.2, 0.25) is 0 Å². The third kappa shape index (κ3) is 3.72. The highest BCUT2D eigenvalue weighted by Gasteiger charge is 2.27. The van der Waals surface area contributed by atoms with Crippen molar-refractivity contribution >= 4 is 0 Å². The minimum absolute atomic E-state index is 0.463. The lowest BCUT2D eigenvalue weighted by atomic mass is 9.89. The number of hydrogen-bond acceptors (Lipinski definition) is 3. The smallest absolute Gasteiger partial charge is 0.119 e. The average molecular weight is 235 g/mol. The lowest BCUT2D eigenvalue weighted by molar-refractivity contribution is 0.0167. The molecule has 94 valence electrons. The van der Waals surface area contributed by atoms with Gasteiger partial charge in [0, 0.05) is 19.7 Å². The van der Waals surface area contributed by atoms with Crippen LogP contribution in [0.3, 0.4) is 0 Å². The lowest BCUT2D eigenvalue weighted by Crippen LogP contribution is -2.46. The van der Waals surface area contributed by atoms with Crippen LogP contribution in [0.1, 0.15) is 18.4 Å². The molecule has 1 fully saturated rings. The predicted octanol–water partition coefficient (Wildman–Crippen LogP) is 2.14. The van der Waals surface area contributed by atoms with Crippen molar-refractivity contribution in [2.24, 2.45) is 0 Å².